The fourth-order valence-corrected chi connectivity index (χ4v) is 0.415. The van der Waals surface area contributed by atoms with E-state index in [9.17, 15) is 13.2 Å². The van der Waals surface area contributed by atoms with Crippen molar-refractivity contribution in [1.82, 2.24) is 5.32 Å². The monoisotopic (exact) mass is 183 g/mol. The molecule has 0 amide bonds. The average Bonchev–Trinajstić information content (AvgIpc) is 2.01. The molecule has 1 N–H and O–H groups in total. The number of alkyl halides is 3. The van der Waals surface area contributed by atoms with Crippen LogP contribution in [0.15, 0.2) is 12.2 Å². The van der Waals surface area contributed by atoms with E-state index in [-0.39, 0.29) is 6.54 Å². The highest BCUT2D eigenvalue weighted by atomic mass is 19.4. The lowest BCUT2D eigenvalue weighted by molar-refractivity contribution is -0.124. The molecule has 0 aromatic rings. The standard InChI is InChI=1S/C6H10F3N.C2H6/c1-2-3-4-10-5-6(7,8)9;1-2/h2-3,10H,4-5H2,1H3;1-2H3/b3-2+;. The highest BCUT2D eigenvalue weighted by Gasteiger charge is 2.25. The van der Waals surface area contributed by atoms with Crippen LogP contribution in [0, 0.1) is 0 Å². The summed E-state index contributed by atoms with van der Waals surface area (Å²) in [5, 5.41) is 2.21. The minimum absolute atomic E-state index is 0.274. The molecule has 12 heavy (non-hydrogen) atoms. The Labute approximate surface area is 71.7 Å². The Hall–Kier alpha value is -0.510. The zero-order chi connectivity index (χ0) is 10.0. The number of halogens is 3. The van der Waals surface area contributed by atoms with E-state index in [1.807, 2.05) is 13.8 Å². The number of nitrogens with one attached hydrogen (secondary N) is 1. The van der Waals surface area contributed by atoms with Crippen LogP contribution >= 0.6 is 0 Å². The molecule has 0 saturated heterocycles. The third-order valence-corrected chi connectivity index (χ3v) is 0.823. The molecule has 74 valence electrons. The van der Waals surface area contributed by atoms with Crippen LogP contribution in [-0.2, 0) is 0 Å². The fourth-order valence-electron chi connectivity index (χ4n) is 0.415. The van der Waals surface area contributed by atoms with Gasteiger partial charge in [-0.3, -0.25) is 0 Å². The van der Waals surface area contributed by atoms with E-state index in [2.05, 4.69) is 5.32 Å². The Kier molecular flexibility index (Phi) is 10.0. The molecule has 0 aromatic heterocycles. The van der Waals surface area contributed by atoms with Gasteiger partial charge in [0.25, 0.3) is 0 Å². The highest BCUT2D eigenvalue weighted by Crippen LogP contribution is 2.11. The van der Waals surface area contributed by atoms with Crippen molar-refractivity contribution < 1.29 is 13.2 Å². The topological polar surface area (TPSA) is 12.0 Å². The van der Waals surface area contributed by atoms with Gasteiger partial charge >= 0.3 is 6.18 Å². The van der Waals surface area contributed by atoms with E-state index in [1.54, 1.807) is 19.1 Å². The predicted octanol–water partition coefficient (Wildman–Crippen LogP) is 2.74. The molecule has 0 atom stereocenters. The molecule has 4 heteroatoms. The molecule has 0 aliphatic carbocycles. The van der Waals surface area contributed by atoms with Crippen LogP contribution in [0.3, 0.4) is 0 Å². The molecule has 0 radical (unpaired) electrons. The van der Waals surface area contributed by atoms with Crippen LogP contribution in [-0.4, -0.2) is 19.3 Å². The Balaban J connectivity index is 0. The van der Waals surface area contributed by atoms with Gasteiger partial charge in [-0.25, -0.2) is 0 Å². The van der Waals surface area contributed by atoms with Gasteiger partial charge in [0.2, 0.25) is 0 Å². The van der Waals surface area contributed by atoms with Crippen molar-refractivity contribution in [3.05, 3.63) is 12.2 Å². The summed E-state index contributed by atoms with van der Waals surface area (Å²) in [5.41, 5.74) is 0. The summed E-state index contributed by atoms with van der Waals surface area (Å²) in [7, 11) is 0. The van der Waals surface area contributed by atoms with Gasteiger partial charge in [-0.2, -0.15) is 13.2 Å². The SMILES string of the molecule is C/C=C/CNCC(F)(F)F.CC. The molecule has 0 aliphatic heterocycles. The lowest BCUT2D eigenvalue weighted by Gasteiger charge is -2.04. The molecular weight excluding hydrogens is 167 g/mol. The Morgan fingerprint density at radius 1 is 1.25 bits per heavy atom. The molecule has 1 nitrogen and oxygen atoms in total. The number of hydrogen-bond donors (Lipinski definition) is 1. The van der Waals surface area contributed by atoms with Gasteiger partial charge in [0.15, 0.2) is 0 Å². The van der Waals surface area contributed by atoms with Crippen LogP contribution in [0.4, 0.5) is 13.2 Å². The smallest absolute Gasteiger partial charge is 0.305 e. The lowest BCUT2D eigenvalue weighted by Crippen LogP contribution is -2.28. The second kappa shape index (κ2) is 8.59. The lowest BCUT2D eigenvalue weighted by atomic mass is 10.5. The molecule has 0 fully saturated rings. The van der Waals surface area contributed by atoms with Crippen LogP contribution in [0.25, 0.3) is 0 Å². The minimum atomic E-state index is -4.10. The third-order valence-electron chi connectivity index (χ3n) is 0.823. The van der Waals surface area contributed by atoms with Crippen molar-refractivity contribution in [2.75, 3.05) is 13.1 Å². The van der Waals surface area contributed by atoms with Crippen molar-refractivity contribution >= 4 is 0 Å². The van der Waals surface area contributed by atoms with Crippen molar-refractivity contribution in [3.8, 4) is 0 Å². The van der Waals surface area contributed by atoms with Crippen molar-refractivity contribution in [3.63, 3.8) is 0 Å². The van der Waals surface area contributed by atoms with Crippen molar-refractivity contribution in [2.45, 2.75) is 26.9 Å². The summed E-state index contributed by atoms with van der Waals surface area (Å²) in [4.78, 5) is 0. The Bertz CT molecular complexity index is 107. The molecule has 0 rings (SSSR count). The van der Waals surface area contributed by atoms with E-state index in [0.717, 1.165) is 0 Å². The first kappa shape index (κ1) is 14.0. The van der Waals surface area contributed by atoms with E-state index in [0.29, 0.717) is 0 Å². The number of rotatable bonds is 3. The zero-order valence-electron chi connectivity index (χ0n) is 7.70. The van der Waals surface area contributed by atoms with E-state index in [1.165, 1.54) is 0 Å². The van der Waals surface area contributed by atoms with Gasteiger partial charge in [-0.1, -0.05) is 26.0 Å². The van der Waals surface area contributed by atoms with Gasteiger partial charge in [-0.05, 0) is 6.92 Å². The first-order valence-electron chi connectivity index (χ1n) is 3.95. The van der Waals surface area contributed by atoms with Crippen LogP contribution in [0.1, 0.15) is 20.8 Å². The molecular formula is C8H16F3N. The molecule has 0 aliphatic rings. The normalized spacial score (nSPS) is 11.2. The molecule has 0 heterocycles. The summed E-state index contributed by atoms with van der Waals surface area (Å²) < 4.78 is 34.2. The average molecular weight is 183 g/mol. The molecule has 0 saturated carbocycles. The highest BCUT2D eigenvalue weighted by molar-refractivity contribution is 4.79. The first-order valence-corrected chi connectivity index (χ1v) is 3.95. The first-order chi connectivity index (χ1) is 5.56. The molecule has 0 spiro atoms. The quantitative estimate of drug-likeness (QED) is 0.524. The van der Waals surface area contributed by atoms with Gasteiger partial charge < -0.3 is 5.32 Å². The van der Waals surface area contributed by atoms with E-state index < -0.39 is 12.7 Å². The second-order valence-corrected chi connectivity index (χ2v) is 1.82. The number of hydrogen-bond acceptors (Lipinski definition) is 1. The third kappa shape index (κ3) is 16.2. The van der Waals surface area contributed by atoms with E-state index in [4.69, 9.17) is 0 Å². The Morgan fingerprint density at radius 3 is 2.08 bits per heavy atom. The van der Waals surface area contributed by atoms with Gasteiger partial charge in [0.1, 0.15) is 0 Å². The Morgan fingerprint density at radius 2 is 1.75 bits per heavy atom. The van der Waals surface area contributed by atoms with Crippen molar-refractivity contribution in [2.24, 2.45) is 0 Å². The van der Waals surface area contributed by atoms with Gasteiger partial charge in [0.05, 0.1) is 6.54 Å². The molecule has 0 aromatic carbocycles. The maximum atomic E-state index is 11.4. The largest absolute Gasteiger partial charge is 0.401 e. The van der Waals surface area contributed by atoms with Crippen molar-refractivity contribution in [1.29, 1.82) is 0 Å². The maximum Gasteiger partial charge on any atom is 0.401 e. The second-order valence-electron chi connectivity index (χ2n) is 1.82. The summed E-state index contributed by atoms with van der Waals surface area (Å²) >= 11 is 0. The van der Waals surface area contributed by atoms with E-state index >= 15 is 0 Å². The summed E-state index contributed by atoms with van der Waals surface area (Å²) in [6.07, 6.45) is -0.767. The predicted molar refractivity (Wildman–Crippen MR) is 45.1 cm³/mol. The summed E-state index contributed by atoms with van der Waals surface area (Å²) in [5.74, 6) is 0. The minimum Gasteiger partial charge on any atom is -0.305 e. The summed E-state index contributed by atoms with van der Waals surface area (Å²) in [6, 6.07) is 0. The van der Waals surface area contributed by atoms with Crippen LogP contribution in [0.2, 0.25) is 0 Å². The zero-order valence-corrected chi connectivity index (χ0v) is 7.70. The van der Waals surface area contributed by atoms with Gasteiger partial charge in [-0.15, -0.1) is 0 Å². The number of allylic oxidation sites excluding steroid dienone is 1. The fraction of sp³-hybridized carbons (Fsp3) is 0.750. The van der Waals surface area contributed by atoms with Gasteiger partial charge in [0, 0.05) is 6.54 Å². The van der Waals surface area contributed by atoms with Crippen LogP contribution in [0.5, 0.6) is 0 Å². The molecule has 0 unspecified atom stereocenters. The maximum absolute atomic E-state index is 11.4. The molecule has 0 bridgehead atoms. The summed E-state index contributed by atoms with van der Waals surface area (Å²) in [6.45, 7) is 5.11. The van der Waals surface area contributed by atoms with Crippen LogP contribution < -0.4 is 5.32 Å².